The highest BCUT2D eigenvalue weighted by atomic mass is 35.5. The fourth-order valence-corrected chi connectivity index (χ4v) is 2.29. The number of hydrogen-bond acceptors (Lipinski definition) is 5. The fourth-order valence-electron chi connectivity index (χ4n) is 2.04. The molecule has 0 bridgehead atoms. The number of nitro groups is 1. The Kier molecular flexibility index (Phi) is 4.39. The number of benzene rings is 1. The molecule has 0 saturated carbocycles. The Balaban J connectivity index is 2.28. The molecule has 112 valence electrons. The number of hydrogen-bond donors (Lipinski definition) is 1. The highest BCUT2D eigenvalue weighted by Crippen LogP contribution is 2.26. The molecule has 0 aliphatic carbocycles. The average molecular weight is 314 g/mol. The first-order valence-corrected chi connectivity index (χ1v) is 6.41. The Bertz CT molecular complexity index is 607. The van der Waals surface area contributed by atoms with Crippen molar-refractivity contribution in [3.8, 4) is 0 Å². The van der Waals surface area contributed by atoms with Gasteiger partial charge in [0.05, 0.1) is 18.1 Å². The van der Waals surface area contributed by atoms with Crippen LogP contribution < -0.4 is 5.73 Å². The molecule has 1 heterocycles. The number of morpholine rings is 1. The lowest BCUT2D eigenvalue weighted by Crippen LogP contribution is -2.54. The highest BCUT2D eigenvalue weighted by molar-refractivity contribution is 6.33. The molecular weight excluding hydrogens is 302 g/mol. The van der Waals surface area contributed by atoms with E-state index >= 15 is 0 Å². The van der Waals surface area contributed by atoms with E-state index < -0.39 is 22.8 Å². The van der Waals surface area contributed by atoms with E-state index in [1.807, 2.05) is 0 Å². The van der Waals surface area contributed by atoms with Crippen LogP contribution in [0.4, 0.5) is 5.69 Å². The lowest BCUT2D eigenvalue weighted by Gasteiger charge is -2.33. The first-order valence-electron chi connectivity index (χ1n) is 6.04. The molecule has 1 saturated heterocycles. The maximum atomic E-state index is 12.4. The van der Waals surface area contributed by atoms with Crippen LogP contribution in [0.1, 0.15) is 10.4 Å². The van der Waals surface area contributed by atoms with Crippen molar-refractivity contribution in [2.75, 3.05) is 19.8 Å². The SMILES string of the molecule is NC(=O)C1COCCN1C(=O)c1ccc([N+](=O)[O-])c(Cl)c1. The average Bonchev–Trinajstić information content (AvgIpc) is 2.45. The van der Waals surface area contributed by atoms with E-state index in [0.717, 1.165) is 6.07 Å². The summed E-state index contributed by atoms with van der Waals surface area (Å²) in [5.74, 6) is -1.14. The molecule has 2 amide bonds. The molecule has 1 fully saturated rings. The van der Waals surface area contributed by atoms with Gasteiger partial charge in [-0.2, -0.15) is 0 Å². The van der Waals surface area contributed by atoms with Crippen LogP contribution in [0.2, 0.25) is 5.02 Å². The van der Waals surface area contributed by atoms with Crippen molar-refractivity contribution in [2.24, 2.45) is 5.73 Å². The van der Waals surface area contributed by atoms with Crippen LogP contribution in [0, 0.1) is 10.1 Å². The number of halogens is 1. The molecule has 1 aromatic carbocycles. The summed E-state index contributed by atoms with van der Waals surface area (Å²) in [7, 11) is 0. The third-order valence-electron chi connectivity index (χ3n) is 3.11. The minimum absolute atomic E-state index is 0.0296. The van der Waals surface area contributed by atoms with Crippen molar-refractivity contribution in [1.82, 2.24) is 4.90 Å². The van der Waals surface area contributed by atoms with Gasteiger partial charge in [0.25, 0.3) is 11.6 Å². The van der Waals surface area contributed by atoms with E-state index in [1.54, 1.807) is 0 Å². The molecule has 0 aromatic heterocycles. The van der Waals surface area contributed by atoms with Gasteiger partial charge in [-0.05, 0) is 12.1 Å². The predicted molar refractivity (Wildman–Crippen MR) is 72.9 cm³/mol. The van der Waals surface area contributed by atoms with Gasteiger partial charge in [-0.15, -0.1) is 0 Å². The molecule has 2 rings (SSSR count). The predicted octanol–water partition coefficient (Wildman–Crippen LogP) is 0.575. The summed E-state index contributed by atoms with van der Waals surface area (Å²) >= 11 is 5.78. The van der Waals surface area contributed by atoms with Crippen molar-refractivity contribution in [3.63, 3.8) is 0 Å². The smallest absolute Gasteiger partial charge is 0.287 e. The number of nitrogens with two attached hydrogens (primary N) is 1. The fraction of sp³-hybridized carbons (Fsp3) is 0.333. The molecule has 1 aliphatic heterocycles. The Hall–Kier alpha value is -2.19. The highest BCUT2D eigenvalue weighted by Gasteiger charge is 2.32. The van der Waals surface area contributed by atoms with Gasteiger partial charge in [0, 0.05) is 18.2 Å². The second kappa shape index (κ2) is 6.06. The number of nitrogens with zero attached hydrogens (tertiary/aromatic N) is 2. The van der Waals surface area contributed by atoms with Crippen LogP contribution in [0.5, 0.6) is 0 Å². The molecular formula is C12H12ClN3O5. The topological polar surface area (TPSA) is 116 Å². The molecule has 21 heavy (non-hydrogen) atoms. The summed E-state index contributed by atoms with van der Waals surface area (Å²) in [6.45, 7) is 0.527. The van der Waals surface area contributed by atoms with Gasteiger partial charge in [-0.25, -0.2) is 0 Å². The molecule has 2 N–H and O–H groups in total. The van der Waals surface area contributed by atoms with Crippen molar-refractivity contribution >= 4 is 29.1 Å². The summed E-state index contributed by atoms with van der Waals surface area (Å²) in [4.78, 5) is 35.1. The van der Waals surface area contributed by atoms with Crippen LogP contribution in [0.25, 0.3) is 0 Å². The zero-order chi connectivity index (χ0) is 15.6. The van der Waals surface area contributed by atoms with E-state index in [1.165, 1.54) is 17.0 Å². The van der Waals surface area contributed by atoms with E-state index in [4.69, 9.17) is 22.1 Å². The Morgan fingerprint density at radius 3 is 2.76 bits per heavy atom. The quantitative estimate of drug-likeness (QED) is 0.647. The summed E-state index contributed by atoms with van der Waals surface area (Å²) in [6, 6.07) is 2.78. The zero-order valence-corrected chi connectivity index (χ0v) is 11.6. The van der Waals surface area contributed by atoms with Crippen molar-refractivity contribution in [3.05, 3.63) is 38.9 Å². The van der Waals surface area contributed by atoms with Crippen LogP contribution in [-0.4, -0.2) is 47.4 Å². The number of rotatable bonds is 3. The molecule has 1 atom stereocenters. The van der Waals surface area contributed by atoms with Gasteiger partial charge < -0.3 is 15.4 Å². The van der Waals surface area contributed by atoms with Gasteiger partial charge >= 0.3 is 0 Å². The second-order valence-electron chi connectivity index (χ2n) is 4.41. The van der Waals surface area contributed by atoms with Crippen LogP contribution in [-0.2, 0) is 9.53 Å². The summed E-state index contributed by atoms with van der Waals surface area (Å²) < 4.78 is 5.12. The van der Waals surface area contributed by atoms with Gasteiger partial charge in [0.15, 0.2) is 0 Å². The molecule has 0 spiro atoms. The number of ether oxygens (including phenoxy) is 1. The maximum Gasteiger partial charge on any atom is 0.287 e. The second-order valence-corrected chi connectivity index (χ2v) is 4.82. The van der Waals surface area contributed by atoms with Crippen molar-refractivity contribution in [2.45, 2.75) is 6.04 Å². The van der Waals surface area contributed by atoms with E-state index in [2.05, 4.69) is 0 Å². The van der Waals surface area contributed by atoms with Crippen molar-refractivity contribution in [1.29, 1.82) is 0 Å². The van der Waals surface area contributed by atoms with Gasteiger partial charge in [-0.3, -0.25) is 19.7 Å². The van der Waals surface area contributed by atoms with Crippen LogP contribution >= 0.6 is 11.6 Å². The van der Waals surface area contributed by atoms with Crippen molar-refractivity contribution < 1.29 is 19.2 Å². The van der Waals surface area contributed by atoms with Gasteiger partial charge in [-0.1, -0.05) is 11.6 Å². The molecule has 1 aliphatic rings. The summed E-state index contributed by atoms with van der Waals surface area (Å²) in [5.41, 5.74) is 5.10. The molecule has 8 nitrogen and oxygen atoms in total. The molecule has 1 unspecified atom stereocenters. The minimum atomic E-state index is -0.861. The third-order valence-corrected chi connectivity index (χ3v) is 3.41. The summed E-state index contributed by atoms with van der Waals surface area (Å²) in [6.07, 6.45) is 0. The zero-order valence-electron chi connectivity index (χ0n) is 10.8. The standard InChI is InChI=1S/C12H12ClN3O5/c13-8-5-7(1-2-9(8)16(19)20)12(18)15-3-4-21-6-10(15)11(14)17/h1-2,5,10H,3-4,6H2,(H2,14,17). The lowest BCUT2D eigenvalue weighted by molar-refractivity contribution is -0.384. The van der Waals surface area contributed by atoms with E-state index in [9.17, 15) is 19.7 Å². The van der Waals surface area contributed by atoms with Gasteiger partial charge in [0.2, 0.25) is 5.91 Å². The van der Waals surface area contributed by atoms with E-state index in [0.29, 0.717) is 0 Å². The number of carbonyl (C=O) groups excluding carboxylic acids is 2. The monoisotopic (exact) mass is 313 g/mol. The lowest BCUT2D eigenvalue weighted by atomic mass is 10.1. The molecule has 1 aromatic rings. The first-order chi connectivity index (χ1) is 9.91. The van der Waals surface area contributed by atoms with Gasteiger partial charge in [0.1, 0.15) is 11.1 Å². The number of primary amides is 1. The Morgan fingerprint density at radius 1 is 1.48 bits per heavy atom. The van der Waals surface area contributed by atoms with Crippen LogP contribution in [0.3, 0.4) is 0 Å². The number of amides is 2. The van der Waals surface area contributed by atoms with Crippen LogP contribution in [0.15, 0.2) is 18.2 Å². The third kappa shape index (κ3) is 3.11. The maximum absolute atomic E-state index is 12.4. The Morgan fingerprint density at radius 2 is 2.19 bits per heavy atom. The normalized spacial score (nSPS) is 18.3. The summed E-state index contributed by atoms with van der Waals surface area (Å²) in [5, 5.41) is 10.6. The van der Waals surface area contributed by atoms with E-state index in [-0.39, 0.29) is 36.0 Å². The first kappa shape index (κ1) is 15.2. The molecule has 9 heteroatoms. The number of nitro benzene ring substituents is 1. The minimum Gasteiger partial charge on any atom is -0.377 e. The largest absolute Gasteiger partial charge is 0.377 e. The molecule has 0 radical (unpaired) electrons. The number of carbonyl (C=O) groups is 2. The Labute approximate surface area is 124 Å².